The molecular formula is C14H22N4O3. The molecule has 0 radical (unpaired) electrons. The number of H-pyrrole nitrogens is 1. The minimum absolute atomic E-state index is 0.114. The number of rotatable bonds is 3. The van der Waals surface area contributed by atoms with Gasteiger partial charge in [-0.25, -0.2) is 9.89 Å². The molecule has 1 aliphatic heterocycles. The van der Waals surface area contributed by atoms with Crippen molar-refractivity contribution in [3.05, 3.63) is 16.8 Å². The monoisotopic (exact) mass is 294 g/mol. The van der Waals surface area contributed by atoms with Crippen LogP contribution in [0.25, 0.3) is 0 Å². The van der Waals surface area contributed by atoms with Gasteiger partial charge in [0.2, 0.25) is 5.91 Å². The average Bonchev–Trinajstić information content (AvgIpc) is 3.15. The van der Waals surface area contributed by atoms with Crippen LogP contribution in [0, 0.1) is 5.92 Å². The zero-order chi connectivity index (χ0) is 14.8. The van der Waals surface area contributed by atoms with Crippen LogP contribution < -0.4 is 5.69 Å². The molecule has 7 heteroatoms. The van der Waals surface area contributed by atoms with Gasteiger partial charge >= 0.3 is 5.69 Å². The molecule has 0 spiro atoms. The fraction of sp³-hybridized carbons (Fsp3) is 0.786. The Labute approximate surface area is 123 Å². The van der Waals surface area contributed by atoms with E-state index in [0.29, 0.717) is 0 Å². The predicted octanol–water partition coefficient (Wildman–Crippen LogP) is 0.550. The first kappa shape index (κ1) is 14.3. The SMILES string of the molecule is COC1CCC(C(=O)N2CCC(n3cn[nH]c3=O)CC2)C1. The largest absolute Gasteiger partial charge is 0.381 e. The second kappa shape index (κ2) is 6.01. The number of carbonyl (C=O) groups is 1. The summed E-state index contributed by atoms with van der Waals surface area (Å²) < 4.78 is 6.98. The zero-order valence-electron chi connectivity index (χ0n) is 12.3. The van der Waals surface area contributed by atoms with Gasteiger partial charge in [0.15, 0.2) is 0 Å². The average molecular weight is 294 g/mol. The standard InChI is InChI=1S/C14H22N4O3/c1-21-12-3-2-10(8-12)13(19)17-6-4-11(5-7-17)18-9-15-16-14(18)20/h9-12H,2-8H2,1H3,(H,16,20). The molecule has 116 valence electrons. The Morgan fingerprint density at radius 3 is 2.67 bits per heavy atom. The third kappa shape index (κ3) is 2.88. The number of aromatic amines is 1. The van der Waals surface area contributed by atoms with Crippen molar-refractivity contribution in [1.82, 2.24) is 19.7 Å². The lowest BCUT2D eigenvalue weighted by Crippen LogP contribution is -2.42. The molecule has 1 N–H and O–H groups in total. The third-order valence-corrected chi connectivity index (χ3v) is 4.81. The van der Waals surface area contributed by atoms with Gasteiger partial charge in [0.25, 0.3) is 0 Å². The van der Waals surface area contributed by atoms with Crippen molar-refractivity contribution < 1.29 is 9.53 Å². The van der Waals surface area contributed by atoms with Crippen LogP contribution in [0.1, 0.15) is 38.1 Å². The molecule has 2 unspecified atom stereocenters. The summed E-state index contributed by atoms with van der Waals surface area (Å²) in [6, 6.07) is 0.149. The van der Waals surface area contributed by atoms with Crippen LogP contribution in [0.2, 0.25) is 0 Å². The number of hydrogen-bond acceptors (Lipinski definition) is 4. The third-order valence-electron chi connectivity index (χ3n) is 4.81. The zero-order valence-corrected chi connectivity index (χ0v) is 12.3. The number of nitrogens with one attached hydrogen (secondary N) is 1. The van der Waals surface area contributed by atoms with Crippen molar-refractivity contribution >= 4 is 5.91 Å². The van der Waals surface area contributed by atoms with Crippen LogP contribution in [0.3, 0.4) is 0 Å². The molecular weight excluding hydrogens is 272 g/mol. The van der Waals surface area contributed by atoms with Gasteiger partial charge in [-0.15, -0.1) is 0 Å². The second-order valence-corrected chi connectivity index (χ2v) is 5.99. The Morgan fingerprint density at radius 1 is 1.33 bits per heavy atom. The summed E-state index contributed by atoms with van der Waals surface area (Å²) >= 11 is 0. The molecule has 21 heavy (non-hydrogen) atoms. The smallest absolute Gasteiger partial charge is 0.343 e. The Kier molecular flexibility index (Phi) is 4.10. The van der Waals surface area contributed by atoms with Gasteiger partial charge in [-0.3, -0.25) is 9.36 Å². The highest BCUT2D eigenvalue weighted by Gasteiger charge is 2.34. The first-order chi connectivity index (χ1) is 10.2. The highest BCUT2D eigenvalue weighted by Crippen LogP contribution is 2.30. The van der Waals surface area contributed by atoms with Crippen LogP contribution in [-0.4, -0.2) is 51.9 Å². The molecule has 2 atom stereocenters. The quantitative estimate of drug-likeness (QED) is 0.883. The topological polar surface area (TPSA) is 80.2 Å². The minimum atomic E-state index is -0.168. The van der Waals surface area contributed by atoms with Gasteiger partial charge in [-0.2, -0.15) is 5.10 Å². The highest BCUT2D eigenvalue weighted by molar-refractivity contribution is 5.79. The van der Waals surface area contributed by atoms with E-state index >= 15 is 0 Å². The number of piperidine rings is 1. The molecule has 0 aromatic carbocycles. The maximum Gasteiger partial charge on any atom is 0.343 e. The van der Waals surface area contributed by atoms with Gasteiger partial charge in [-0.05, 0) is 32.1 Å². The van der Waals surface area contributed by atoms with Crippen molar-refractivity contribution in [3.8, 4) is 0 Å². The van der Waals surface area contributed by atoms with Gasteiger partial charge in [0.1, 0.15) is 6.33 Å². The summed E-state index contributed by atoms with van der Waals surface area (Å²) in [5, 5.41) is 6.18. The summed E-state index contributed by atoms with van der Waals surface area (Å²) in [5.41, 5.74) is -0.168. The minimum Gasteiger partial charge on any atom is -0.381 e. The number of aromatic nitrogens is 3. The number of methoxy groups -OCH3 is 1. The first-order valence-electron chi connectivity index (χ1n) is 7.62. The van der Waals surface area contributed by atoms with Gasteiger partial charge in [0, 0.05) is 32.2 Å². The van der Waals surface area contributed by atoms with Crippen LogP contribution in [-0.2, 0) is 9.53 Å². The van der Waals surface area contributed by atoms with E-state index in [0.717, 1.165) is 45.2 Å². The molecule has 2 aliphatic rings. The molecule has 0 bridgehead atoms. The Bertz CT molecular complexity index is 544. The molecule has 7 nitrogen and oxygen atoms in total. The second-order valence-electron chi connectivity index (χ2n) is 5.99. The number of amides is 1. The highest BCUT2D eigenvalue weighted by atomic mass is 16.5. The summed E-state index contributed by atoms with van der Waals surface area (Å²) in [6.07, 6.45) is 6.16. The van der Waals surface area contributed by atoms with E-state index in [1.54, 1.807) is 18.0 Å². The lowest BCUT2D eigenvalue weighted by Gasteiger charge is -2.33. The van der Waals surface area contributed by atoms with E-state index in [1.165, 1.54) is 0 Å². The van der Waals surface area contributed by atoms with E-state index in [2.05, 4.69) is 10.2 Å². The van der Waals surface area contributed by atoms with E-state index in [9.17, 15) is 9.59 Å². The summed E-state index contributed by atoms with van der Waals surface area (Å²) in [7, 11) is 1.71. The number of likely N-dealkylation sites (tertiary alicyclic amines) is 1. The Hall–Kier alpha value is -1.63. The Morgan fingerprint density at radius 2 is 2.10 bits per heavy atom. The lowest BCUT2D eigenvalue weighted by molar-refractivity contribution is -0.136. The molecule has 1 aromatic rings. The molecule has 1 amide bonds. The summed E-state index contributed by atoms with van der Waals surface area (Å²) in [5.74, 6) is 0.371. The van der Waals surface area contributed by atoms with Gasteiger partial charge < -0.3 is 9.64 Å². The maximum atomic E-state index is 12.5. The predicted molar refractivity (Wildman–Crippen MR) is 75.8 cm³/mol. The maximum absolute atomic E-state index is 12.5. The fourth-order valence-electron chi connectivity index (χ4n) is 3.52. The number of nitrogens with zero attached hydrogens (tertiary/aromatic N) is 3. The van der Waals surface area contributed by atoms with Crippen LogP contribution in [0.5, 0.6) is 0 Å². The molecule has 1 saturated carbocycles. The number of carbonyl (C=O) groups excluding carboxylic acids is 1. The van der Waals surface area contributed by atoms with Crippen molar-refractivity contribution in [2.45, 2.75) is 44.2 Å². The van der Waals surface area contributed by atoms with Gasteiger partial charge in [0.05, 0.1) is 6.10 Å². The van der Waals surface area contributed by atoms with Crippen molar-refractivity contribution in [2.24, 2.45) is 5.92 Å². The van der Waals surface area contributed by atoms with Crippen LogP contribution >= 0.6 is 0 Å². The molecule has 1 aliphatic carbocycles. The molecule has 2 fully saturated rings. The fourth-order valence-corrected chi connectivity index (χ4v) is 3.52. The van der Waals surface area contributed by atoms with E-state index in [-0.39, 0.29) is 29.7 Å². The molecule has 1 aromatic heterocycles. The molecule has 3 rings (SSSR count). The number of hydrogen-bond donors (Lipinski definition) is 1. The molecule has 2 heterocycles. The normalized spacial score (nSPS) is 27.2. The van der Waals surface area contributed by atoms with Crippen molar-refractivity contribution in [3.63, 3.8) is 0 Å². The van der Waals surface area contributed by atoms with E-state index in [1.807, 2.05) is 4.90 Å². The van der Waals surface area contributed by atoms with Crippen molar-refractivity contribution in [2.75, 3.05) is 20.2 Å². The summed E-state index contributed by atoms with van der Waals surface area (Å²) in [6.45, 7) is 1.44. The molecule has 1 saturated heterocycles. The van der Waals surface area contributed by atoms with Crippen LogP contribution in [0.4, 0.5) is 0 Å². The lowest BCUT2D eigenvalue weighted by atomic mass is 10.0. The Balaban J connectivity index is 1.55. The summed E-state index contributed by atoms with van der Waals surface area (Å²) in [4.78, 5) is 26.0. The number of ether oxygens (including phenoxy) is 1. The van der Waals surface area contributed by atoms with E-state index in [4.69, 9.17) is 4.74 Å². The van der Waals surface area contributed by atoms with Gasteiger partial charge in [-0.1, -0.05) is 0 Å². The first-order valence-corrected chi connectivity index (χ1v) is 7.62. The van der Waals surface area contributed by atoms with E-state index < -0.39 is 0 Å². The van der Waals surface area contributed by atoms with Crippen LogP contribution in [0.15, 0.2) is 11.1 Å². The van der Waals surface area contributed by atoms with Crippen molar-refractivity contribution in [1.29, 1.82) is 0 Å².